The molecule has 2 heterocycles. The normalized spacial score (nSPS) is 11.6. The first-order chi connectivity index (χ1) is 15.7. The van der Waals surface area contributed by atoms with Crippen LogP contribution in [0.15, 0.2) is 41.2 Å². The highest BCUT2D eigenvalue weighted by Crippen LogP contribution is 2.34. The molecule has 0 radical (unpaired) electrons. The van der Waals surface area contributed by atoms with Gasteiger partial charge in [0.25, 0.3) is 5.91 Å². The highest BCUT2D eigenvalue weighted by molar-refractivity contribution is 6.00. The molecule has 0 aliphatic heterocycles. The molecule has 0 aliphatic rings. The quantitative estimate of drug-likeness (QED) is 0.467. The molecular weight excluding hydrogens is 443 g/mol. The molecule has 0 atom stereocenters. The second kappa shape index (κ2) is 8.45. The van der Waals surface area contributed by atoms with Crippen molar-refractivity contribution in [1.29, 1.82) is 0 Å². The van der Waals surface area contributed by atoms with Crippen LogP contribution in [0.3, 0.4) is 0 Å². The molecule has 12 heteroatoms. The fourth-order valence-corrected chi connectivity index (χ4v) is 3.30. The molecule has 4 rings (SSSR count). The van der Waals surface area contributed by atoms with E-state index in [0.29, 0.717) is 22.9 Å². The van der Waals surface area contributed by atoms with Crippen molar-refractivity contribution in [2.75, 3.05) is 20.8 Å². The molecule has 0 aliphatic carbocycles. The number of aromatic nitrogens is 4. The Kier molecular flexibility index (Phi) is 5.66. The number of hydrogen-bond acceptors (Lipinski definition) is 7. The number of alkyl halides is 3. The number of hydrogen-bond donors (Lipinski definition) is 1. The smallest absolute Gasteiger partial charge is 0.405 e. The number of methoxy groups -OCH3 is 2. The Morgan fingerprint density at radius 3 is 2.42 bits per heavy atom. The molecule has 0 fully saturated rings. The summed E-state index contributed by atoms with van der Waals surface area (Å²) in [4.78, 5) is 21.0. The third-order valence-corrected chi connectivity index (χ3v) is 4.78. The summed E-state index contributed by atoms with van der Waals surface area (Å²) in [7, 11) is 2.62. The second-order valence-corrected chi connectivity index (χ2v) is 6.98. The Bertz CT molecular complexity index is 1300. The number of imidazole rings is 1. The number of aryl methyl sites for hydroxylation is 1. The van der Waals surface area contributed by atoms with Gasteiger partial charge < -0.3 is 19.3 Å². The number of halogens is 3. The van der Waals surface area contributed by atoms with E-state index in [9.17, 15) is 18.0 Å². The number of amides is 1. The zero-order valence-electron chi connectivity index (χ0n) is 17.7. The van der Waals surface area contributed by atoms with Crippen LogP contribution < -0.4 is 14.8 Å². The molecule has 2 aromatic heterocycles. The second-order valence-electron chi connectivity index (χ2n) is 6.98. The minimum absolute atomic E-state index is 0.0461. The van der Waals surface area contributed by atoms with Gasteiger partial charge in [-0.05, 0) is 18.2 Å². The van der Waals surface area contributed by atoms with Crippen LogP contribution in [0, 0.1) is 6.92 Å². The summed E-state index contributed by atoms with van der Waals surface area (Å²) in [5.41, 5.74) is 2.46. The summed E-state index contributed by atoms with van der Waals surface area (Å²) >= 11 is 0. The van der Waals surface area contributed by atoms with Gasteiger partial charge in [0.2, 0.25) is 11.7 Å². The van der Waals surface area contributed by atoms with E-state index >= 15 is 0 Å². The Labute approximate surface area is 185 Å². The van der Waals surface area contributed by atoms with E-state index in [-0.39, 0.29) is 17.1 Å². The largest absolute Gasteiger partial charge is 0.496 e. The van der Waals surface area contributed by atoms with E-state index in [1.54, 1.807) is 30.0 Å². The summed E-state index contributed by atoms with van der Waals surface area (Å²) in [5, 5.41) is 5.73. The Morgan fingerprint density at radius 2 is 1.85 bits per heavy atom. The third kappa shape index (κ3) is 4.45. The topological polar surface area (TPSA) is 104 Å². The molecule has 9 nitrogen and oxygen atoms in total. The Morgan fingerprint density at radius 1 is 1.15 bits per heavy atom. The lowest BCUT2D eigenvalue weighted by atomic mass is 10.1. The van der Waals surface area contributed by atoms with E-state index in [2.05, 4.69) is 15.1 Å². The van der Waals surface area contributed by atoms with E-state index < -0.39 is 18.6 Å². The van der Waals surface area contributed by atoms with Crippen molar-refractivity contribution in [3.8, 4) is 28.6 Å². The van der Waals surface area contributed by atoms with Crippen LogP contribution in [0.5, 0.6) is 11.5 Å². The SMILES string of the molecule is COc1cc(-n2cnc3cc(-c4noc(C)n4)ccc32)cc(OC)c1C(=O)NCC(F)(F)F. The van der Waals surface area contributed by atoms with Gasteiger partial charge in [-0.1, -0.05) is 5.16 Å². The molecule has 1 amide bonds. The van der Waals surface area contributed by atoms with Crippen LogP contribution >= 0.6 is 0 Å². The molecule has 0 saturated carbocycles. The average molecular weight is 461 g/mol. The first-order valence-electron chi connectivity index (χ1n) is 9.59. The first-order valence-corrected chi connectivity index (χ1v) is 9.59. The molecule has 2 aromatic carbocycles. The fourth-order valence-electron chi connectivity index (χ4n) is 3.30. The molecule has 33 heavy (non-hydrogen) atoms. The number of nitrogens with zero attached hydrogens (tertiary/aromatic N) is 4. The minimum atomic E-state index is -4.55. The van der Waals surface area contributed by atoms with Crippen molar-refractivity contribution in [2.24, 2.45) is 0 Å². The maximum Gasteiger partial charge on any atom is 0.405 e. The predicted molar refractivity (Wildman–Crippen MR) is 111 cm³/mol. The van der Waals surface area contributed by atoms with Crippen LogP contribution in [0.1, 0.15) is 16.2 Å². The number of rotatable bonds is 6. The van der Waals surface area contributed by atoms with E-state index in [1.807, 2.05) is 11.4 Å². The van der Waals surface area contributed by atoms with Crippen LogP contribution in [0.2, 0.25) is 0 Å². The van der Waals surface area contributed by atoms with Crippen molar-refractivity contribution in [1.82, 2.24) is 25.0 Å². The van der Waals surface area contributed by atoms with Gasteiger partial charge in [0.05, 0.1) is 30.9 Å². The van der Waals surface area contributed by atoms with Gasteiger partial charge in [-0.15, -0.1) is 0 Å². The molecule has 0 saturated heterocycles. The van der Waals surface area contributed by atoms with Gasteiger partial charge >= 0.3 is 6.18 Å². The summed E-state index contributed by atoms with van der Waals surface area (Å²) in [6.45, 7) is 0.214. The lowest BCUT2D eigenvalue weighted by molar-refractivity contribution is -0.123. The predicted octanol–water partition coefficient (Wildman–Crippen LogP) is 3.69. The monoisotopic (exact) mass is 461 g/mol. The Hall–Kier alpha value is -4.09. The summed E-state index contributed by atoms with van der Waals surface area (Å²) in [6.07, 6.45) is -2.99. The number of ether oxygens (including phenoxy) is 2. The number of fused-ring (bicyclic) bond motifs is 1. The van der Waals surface area contributed by atoms with Gasteiger partial charge in [0.15, 0.2) is 0 Å². The molecular formula is C21H18F3N5O4. The van der Waals surface area contributed by atoms with Crippen molar-refractivity contribution in [3.63, 3.8) is 0 Å². The number of carbonyl (C=O) groups is 1. The molecule has 0 spiro atoms. The van der Waals surface area contributed by atoms with Crippen LogP contribution in [0.25, 0.3) is 28.1 Å². The number of benzene rings is 2. The molecule has 0 unspecified atom stereocenters. The fraction of sp³-hybridized carbons (Fsp3) is 0.238. The minimum Gasteiger partial charge on any atom is -0.496 e. The van der Waals surface area contributed by atoms with Gasteiger partial charge in [0.1, 0.15) is 29.9 Å². The molecule has 172 valence electrons. The van der Waals surface area contributed by atoms with Crippen LogP contribution in [-0.2, 0) is 0 Å². The summed E-state index contributed by atoms with van der Waals surface area (Å²) in [6, 6.07) is 8.44. The first kappa shape index (κ1) is 22.1. The highest BCUT2D eigenvalue weighted by Gasteiger charge is 2.30. The van der Waals surface area contributed by atoms with E-state index in [4.69, 9.17) is 14.0 Å². The van der Waals surface area contributed by atoms with Gasteiger partial charge in [0, 0.05) is 24.6 Å². The van der Waals surface area contributed by atoms with E-state index in [1.165, 1.54) is 26.4 Å². The lowest BCUT2D eigenvalue weighted by Gasteiger charge is -2.16. The van der Waals surface area contributed by atoms with Crippen LogP contribution in [-0.4, -0.2) is 52.5 Å². The van der Waals surface area contributed by atoms with Crippen molar-refractivity contribution >= 4 is 16.9 Å². The lowest BCUT2D eigenvalue weighted by Crippen LogP contribution is -2.34. The van der Waals surface area contributed by atoms with E-state index in [0.717, 1.165) is 11.1 Å². The maximum absolute atomic E-state index is 12.5. The molecule has 4 aromatic rings. The van der Waals surface area contributed by atoms with Crippen molar-refractivity contribution < 1.29 is 32.0 Å². The number of nitrogens with one attached hydrogen (secondary N) is 1. The zero-order chi connectivity index (χ0) is 23.8. The highest BCUT2D eigenvalue weighted by atomic mass is 19.4. The van der Waals surface area contributed by atoms with Crippen molar-refractivity contribution in [2.45, 2.75) is 13.1 Å². The summed E-state index contributed by atoms with van der Waals surface area (Å²) < 4.78 is 54.9. The van der Waals surface area contributed by atoms with Gasteiger partial charge in [-0.2, -0.15) is 18.2 Å². The zero-order valence-corrected chi connectivity index (χ0v) is 17.7. The standard InChI is InChI=1S/C21H18F3N5O4/c1-11-27-19(28-33-11)12-4-5-15-14(6-12)26-10-29(15)13-7-16(31-2)18(17(8-13)32-3)20(30)25-9-21(22,23)24/h4-8,10H,9H2,1-3H3,(H,25,30). The van der Waals surface area contributed by atoms with Gasteiger partial charge in [-0.25, -0.2) is 4.98 Å². The molecule has 1 N–H and O–H groups in total. The molecule has 0 bridgehead atoms. The summed E-state index contributed by atoms with van der Waals surface area (Å²) in [5.74, 6) is -0.00617. The maximum atomic E-state index is 12.5. The van der Waals surface area contributed by atoms with Gasteiger partial charge in [-0.3, -0.25) is 9.36 Å². The Balaban J connectivity index is 1.74. The number of carbonyl (C=O) groups excluding carboxylic acids is 1. The van der Waals surface area contributed by atoms with Crippen LogP contribution in [0.4, 0.5) is 13.2 Å². The third-order valence-electron chi connectivity index (χ3n) is 4.78. The van der Waals surface area contributed by atoms with Crippen molar-refractivity contribution in [3.05, 3.63) is 48.1 Å². The average Bonchev–Trinajstić information content (AvgIpc) is 3.41.